The molecule has 0 saturated heterocycles. The number of amides is 1. The number of ether oxygens (including phenoxy) is 3. The number of hydrogen-bond donors (Lipinski definition) is 2. The highest BCUT2D eigenvalue weighted by Gasteiger charge is 2.23. The summed E-state index contributed by atoms with van der Waals surface area (Å²) >= 11 is 0. The van der Waals surface area contributed by atoms with Gasteiger partial charge in [0, 0.05) is 43.1 Å². The first-order valence-corrected chi connectivity index (χ1v) is 9.47. The summed E-state index contributed by atoms with van der Waals surface area (Å²) in [4.78, 5) is 15.9. The molecule has 1 aromatic heterocycles. The summed E-state index contributed by atoms with van der Waals surface area (Å²) in [6.07, 6.45) is 2.33. The maximum absolute atomic E-state index is 12.6. The molecule has 4 rings (SSSR count). The number of methoxy groups -OCH3 is 1. The standard InChI is InChI=1S/C22H24N2O4/c1-26-9-8-23-22(25)13-17(18-14-24-19-5-3-2-4-16(18)19)15-6-7-20-21(12-15)28-11-10-27-20/h2-7,12,14,17,24H,8-11,13H2,1H3,(H,23,25)/t17-/m0/s1. The molecule has 28 heavy (non-hydrogen) atoms. The number of aromatic amines is 1. The van der Waals surface area contributed by atoms with E-state index in [1.165, 1.54) is 0 Å². The van der Waals surface area contributed by atoms with E-state index < -0.39 is 0 Å². The average Bonchev–Trinajstić information content (AvgIpc) is 3.16. The predicted molar refractivity (Wildman–Crippen MR) is 107 cm³/mol. The Hall–Kier alpha value is -2.99. The van der Waals surface area contributed by atoms with Gasteiger partial charge in [0.05, 0.1) is 6.61 Å². The van der Waals surface area contributed by atoms with E-state index >= 15 is 0 Å². The van der Waals surface area contributed by atoms with Crippen molar-refractivity contribution in [2.75, 3.05) is 33.5 Å². The number of H-pyrrole nitrogens is 1. The van der Waals surface area contributed by atoms with Gasteiger partial charge in [-0.25, -0.2) is 0 Å². The van der Waals surface area contributed by atoms with Crippen LogP contribution in [0.3, 0.4) is 0 Å². The van der Waals surface area contributed by atoms with Gasteiger partial charge in [0.1, 0.15) is 13.2 Å². The molecule has 146 valence electrons. The lowest BCUT2D eigenvalue weighted by Crippen LogP contribution is -2.28. The predicted octanol–water partition coefficient (Wildman–Crippen LogP) is 3.22. The molecule has 3 aromatic rings. The second kappa shape index (κ2) is 8.35. The molecule has 1 aliphatic rings. The van der Waals surface area contributed by atoms with Gasteiger partial charge in [-0.15, -0.1) is 0 Å². The number of para-hydroxylation sites is 1. The fourth-order valence-electron chi connectivity index (χ4n) is 3.62. The molecule has 1 amide bonds. The molecule has 6 nitrogen and oxygen atoms in total. The van der Waals surface area contributed by atoms with Crippen LogP contribution in [0.5, 0.6) is 11.5 Å². The van der Waals surface area contributed by atoms with Crippen molar-refractivity contribution in [3.8, 4) is 11.5 Å². The number of hydrogen-bond acceptors (Lipinski definition) is 4. The highest BCUT2D eigenvalue weighted by molar-refractivity contribution is 5.86. The highest BCUT2D eigenvalue weighted by Crippen LogP contribution is 2.38. The van der Waals surface area contributed by atoms with E-state index in [-0.39, 0.29) is 11.8 Å². The van der Waals surface area contributed by atoms with Gasteiger partial charge in [-0.05, 0) is 29.3 Å². The van der Waals surface area contributed by atoms with Crippen molar-refractivity contribution in [1.29, 1.82) is 0 Å². The molecule has 1 atom stereocenters. The molecule has 2 aromatic carbocycles. The Morgan fingerprint density at radius 3 is 2.86 bits per heavy atom. The Bertz CT molecular complexity index is 966. The van der Waals surface area contributed by atoms with Crippen molar-refractivity contribution >= 4 is 16.8 Å². The third-order valence-corrected chi connectivity index (χ3v) is 4.98. The van der Waals surface area contributed by atoms with Crippen LogP contribution in [0.15, 0.2) is 48.7 Å². The zero-order valence-electron chi connectivity index (χ0n) is 15.9. The van der Waals surface area contributed by atoms with E-state index in [1.54, 1.807) is 7.11 Å². The van der Waals surface area contributed by atoms with Crippen LogP contribution in [-0.4, -0.2) is 44.4 Å². The van der Waals surface area contributed by atoms with Gasteiger partial charge < -0.3 is 24.5 Å². The van der Waals surface area contributed by atoms with Gasteiger partial charge >= 0.3 is 0 Å². The smallest absolute Gasteiger partial charge is 0.221 e. The normalized spacial score (nSPS) is 14.0. The van der Waals surface area contributed by atoms with Gasteiger partial charge in [0.15, 0.2) is 11.5 Å². The Morgan fingerprint density at radius 2 is 2.00 bits per heavy atom. The largest absolute Gasteiger partial charge is 0.486 e. The van der Waals surface area contributed by atoms with Crippen molar-refractivity contribution < 1.29 is 19.0 Å². The molecule has 2 heterocycles. The van der Waals surface area contributed by atoms with Gasteiger partial charge in [-0.1, -0.05) is 24.3 Å². The van der Waals surface area contributed by atoms with Crippen LogP contribution in [0.1, 0.15) is 23.5 Å². The number of aromatic nitrogens is 1. The molecule has 2 N–H and O–H groups in total. The Morgan fingerprint density at radius 1 is 1.18 bits per heavy atom. The monoisotopic (exact) mass is 380 g/mol. The topological polar surface area (TPSA) is 72.6 Å². The van der Waals surface area contributed by atoms with Crippen molar-refractivity contribution in [1.82, 2.24) is 10.3 Å². The molecule has 0 bridgehead atoms. The van der Waals surface area contributed by atoms with Crippen LogP contribution in [0.25, 0.3) is 10.9 Å². The fraction of sp³-hybridized carbons (Fsp3) is 0.318. The number of rotatable bonds is 7. The Balaban J connectivity index is 1.68. The summed E-state index contributed by atoms with van der Waals surface area (Å²) in [6, 6.07) is 14.1. The lowest BCUT2D eigenvalue weighted by atomic mass is 9.87. The van der Waals surface area contributed by atoms with E-state index in [0.717, 1.165) is 33.5 Å². The summed E-state index contributed by atoms with van der Waals surface area (Å²) in [5.74, 6) is 1.36. The number of benzene rings is 2. The number of carbonyl (C=O) groups is 1. The van der Waals surface area contributed by atoms with Gasteiger partial charge in [-0.3, -0.25) is 4.79 Å². The van der Waals surface area contributed by atoms with E-state index in [0.29, 0.717) is 32.8 Å². The molecule has 0 fully saturated rings. The van der Waals surface area contributed by atoms with Crippen molar-refractivity contribution in [3.05, 3.63) is 59.8 Å². The lowest BCUT2D eigenvalue weighted by molar-refractivity contribution is -0.121. The average molecular weight is 380 g/mol. The van der Waals surface area contributed by atoms with Crippen LogP contribution < -0.4 is 14.8 Å². The number of fused-ring (bicyclic) bond motifs is 2. The van der Waals surface area contributed by atoms with Crippen molar-refractivity contribution in [3.63, 3.8) is 0 Å². The van der Waals surface area contributed by atoms with Crippen molar-refractivity contribution in [2.24, 2.45) is 0 Å². The van der Waals surface area contributed by atoms with Crippen LogP contribution in [-0.2, 0) is 9.53 Å². The Labute approximate surface area is 163 Å². The summed E-state index contributed by atoms with van der Waals surface area (Å²) in [6.45, 7) is 2.08. The van der Waals surface area contributed by atoms with Gasteiger partial charge in [-0.2, -0.15) is 0 Å². The third-order valence-electron chi connectivity index (χ3n) is 4.98. The van der Waals surface area contributed by atoms with Crippen molar-refractivity contribution in [2.45, 2.75) is 12.3 Å². The third kappa shape index (κ3) is 3.82. The molecular weight excluding hydrogens is 356 g/mol. The maximum Gasteiger partial charge on any atom is 0.221 e. The minimum Gasteiger partial charge on any atom is -0.486 e. The minimum atomic E-state index is -0.102. The quantitative estimate of drug-likeness (QED) is 0.618. The molecule has 0 saturated carbocycles. The van der Waals surface area contributed by atoms with Crippen LogP contribution in [0.2, 0.25) is 0 Å². The first-order chi connectivity index (χ1) is 13.8. The maximum atomic E-state index is 12.6. The number of carbonyl (C=O) groups excluding carboxylic acids is 1. The molecular formula is C22H24N2O4. The van der Waals surface area contributed by atoms with Crippen LogP contribution >= 0.6 is 0 Å². The summed E-state index contributed by atoms with van der Waals surface area (Å²) in [5, 5.41) is 4.04. The molecule has 0 unspecified atom stereocenters. The first-order valence-electron chi connectivity index (χ1n) is 9.47. The van der Waals surface area contributed by atoms with E-state index in [1.807, 2.05) is 42.6 Å². The molecule has 1 aliphatic heterocycles. The zero-order chi connectivity index (χ0) is 19.3. The first kappa shape index (κ1) is 18.4. The van der Waals surface area contributed by atoms with Crippen LogP contribution in [0.4, 0.5) is 0 Å². The molecule has 6 heteroatoms. The SMILES string of the molecule is COCCNC(=O)C[C@@H](c1ccc2c(c1)OCCO2)c1c[nH]c2ccccc12. The van der Waals surface area contributed by atoms with Crippen LogP contribution in [0, 0.1) is 0 Å². The minimum absolute atomic E-state index is 0.0118. The van der Waals surface area contributed by atoms with E-state index in [9.17, 15) is 4.79 Å². The molecule has 0 radical (unpaired) electrons. The lowest BCUT2D eigenvalue weighted by Gasteiger charge is -2.22. The van der Waals surface area contributed by atoms with Gasteiger partial charge in [0.2, 0.25) is 5.91 Å². The summed E-state index contributed by atoms with van der Waals surface area (Å²) in [5.41, 5.74) is 3.17. The molecule has 0 spiro atoms. The second-order valence-corrected chi connectivity index (χ2v) is 6.79. The Kier molecular flexibility index (Phi) is 5.48. The highest BCUT2D eigenvalue weighted by atomic mass is 16.6. The molecule has 0 aliphatic carbocycles. The van der Waals surface area contributed by atoms with E-state index in [4.69, 9.17) is 14.2 Å². The summed E-state index contributed by atoms with van der Waals surface area (Å²) < 4.78 is 16.4. The zero-order valence-corrected chi connectivity index (χ0v) is 15.9. The summed E-state index contributed by atoms with van der Waals surface area (Å²) in [7, 11) is 1.62. The van der Waals surface area contributed by atoms with Gasteiger partial charge in [0.25, 0.3) is 0 Å². The second-order valence-electron chi connectivity index (χ2n) is 6.79. The number of nitrogens with one attached hydrogen (secondary N) is 2. The van der Waals surface area contributed by atoms with E-state index in [2.05, 4.69) is 16.4 Å². The fourth-order valence-corrected chi connectivity index (χ4v) is 3.62.